The molecule has 0 saturated heterocycles. The second-order valence-electron chi connectivity index (χ2n) is 10.7. The quantitative estimate of drug-likeness (QED) is 0.392. The van der Waals surface area contributed by atoms with E-state index in [4.69, 9.17) is 4.74 Å². The Balaban J connectivity index is 1.44. The Bertz CT molecular complexity index is 1570. The molecular formula is C28H31FN6O3. The summed E-state index contributed by atoms with van der Waals surface area (Å²) in [6, 6.07) is 11.7. The average molecular weight is 519 g/mol. The molecule has 0 fully saturated rings. The van der Waals surface area contributed by atoms with Crippen LogP contribution in [-0.2, 0) is 17.7 Å². The molecule has 0 saturated carbocycles. The zero-order valence-corrected chi connectivity index (χ0v) is 22.2. The number of fused-ring (bicyclic) bond motifs is 2. The van der Waals surface area contributed by atoms with E-state index in [-0.39, 0.29) is 23.5 Å². The Morgan fingerprint density at radius 1 is 1.11 bits per heavy atom. The molecule has 2 aromatic heterocycles. The number of hydrogen-bond acceptors (Lipinski definition) is 6. The van der Waals surface area contributed by atoms with Crippen LogP contribution in [0.4, 0.5) is 20.8 Å². The van der Waals surface area contributed by atoms with Crippen LogP contribution in [0.2, 0.25) is 0 Å². The highest BCUT2D eigenvalue weighted by Crippen LogP contribution is 2.26. The maximum atomic E-state index is 13.6. The minimum Gasteiger partial charge on any atom is -0.444 e. The largest absolute Gasteiger partial charge is 0.444 e. The van der Waals surface area contributed by atoms with Crippen molar-refractivity contribution >= 4 is 28.8 Å². The summed E-state index contributed by atoms with van der Waals surface area (Å²) in [5, 5.41) is 3.62. The predicted molar refractivity (Wildman–Crippen MR) is 144 cm³/mol. The van der Waals surface area contributed by atoms with Gasteiger partial charge < -0.3 is 15.0 Å². The molecule has 1 N–H and O–H groups in total. The second-order valence-corrected chi connectivity index (χ2v) is 10.7. The van der Waals surface area contributed by atoms with Crippen molar-refractivity contribution in [2.75, 3.05) is 11.9 Å². The number of carbonyl (C=O) groups excluding carboxylic acids is 1. The third kappa shape index (κ3) is 4.98. The topological polar surface area (TPSA) is 94.3 Å². The fraction of sp³-hybridized carbons (Fsp3) is 0.357. The Kier molecular flexibility index (Phi) is 6.42. The summed E-state index contributed by atoms with van der Waals surface area (Å²) in [5.41, 5.74) is 3.29. The zero-order valence-electron chi connectivity index (χ0n) is 22.2. The van der Waals surface area contributed by atoms with Crippen molar-refractivity contribution in [1.82, 2.24) is 24.2 Å². The van der Waals surface area contributed by atoms with Gasteiger partial charge in [-0.3, -0.25) is 4.79 Å². The van der Waals surface area contributed by atoms with Crippen LogP contribution in [0, 0.1) is 5.82 Å². The molecule has 38 heavy (non-hydrogen) atoms. The van der Waals surface area contributed by atoms with Gasteiger partial charge in [0.05, 0.1) is 5.69 Å². The van der Waals surface area contributed by atoms with E-state index in [1.54, 1.807) is 26.4 Å². The second kappa shape index (κ2) is 9.59. The van der Waals surface area contributed by atoms with Crippen LogP contribution in [0.5, 0.6) is 0 Å². The minimum atomic E-state index is -0.538. The van der Waals surface area contributed by atoms with Crippen molar-refractivity contribution in [1.29, 1.82) is 0 Å². The number of rotatable bonds is 4. The fourth-order valence-electron chi connectivity index (χ4n) is 4.60. The van der Waals surface area contributed by atoms with Gasteiger partial charge in [-0.1, -0.05) is 6.07 Å². The van der Waals surface area contributed by atoms with Crippen LogP contribution >= 0.6 is 0 Å². The summed E-state index contributed by atoms with van der Waals surface area (Å²) < 4.78 is 22.4. The van der Waals surface area contributed by atoms with Gasteiger partial charge in [0.25, 0.3) is 5.56 Å². The summed E-state index contributed by atoms with van der Waals surface area (Å²) >= 11 is 0. The van der Waals surface area contributed by atoms with Gasteiger partial charge in [0, 0.05) is 31.0 Å². The van der Waals surface area contributed by atoms with Gasteiger partial charge in [0.2, 0.25) is 5.95 Å². The Morgan fingerprint density at radius 2 is 1.84 bits per heavy atom. The number of nitrogens with zero attached hydrogens (tertiary/aromatic N) is 5. The van der Waals surface area contributed by atoms with Crippen LogP contribution in [0.15, 0.2) is 53.5 Å². The molecule has 1 aliphatic rings. The van der Waals surface area contributed by atoms with Crippen molar-refractivity contribution in [3.8, 4) is 5.69 Å². The highest BCUT2D eigenvalue weighted by molar-refractivity contribution is 5.77. The Labute approximate surface area is 219 Å². The molecule has 0 bridgehead atoms. The molecule has 10 heteroatoms. The van der Waals surface area contributed by atoms with E-state index in [1.807, 2.05) is 52.8 Å². The molecule has 5 rings (SSSR count). The zero-order chi connectivity index (χ0) is 27.2. The molecule has 1 amide bonds. The van der Waals surface area contributed by atoms with Gasteiger partial charge >= 0.3 is 6.09 Å². The lowest BCUT2D eigenvalue weighted by Gasteiger charge is -2.31. The number of anilines is 2. The molecule has 0 aliphatic carbocycles. The van der Waals surface area contributed by atoms with Gasteiger partial charge in [-0.25, -0.2) is 23.5 Å². The van der Waals surface area contributed by atoms with E-state index < -0.39 is 5.60 Å². The third-order valence-corrected chi connectivity index (χ3v) is 6.31. The first kappa shape index (κ1) is 25.4. The van der Waals surface area contributed by atoms with Crippen LogP contribution in [-0.4, -0.2) is 42.5 Å². The van der Waals surface area contributed by atoms with Gasteiger partial charge in [0.1, 0.15) is 16.8 Å². The van der Waals surface area contributed by atoms with E-state index in [0.29, 0.717) is 42.2 Å². The van der Waals surface area contributed by atoms with Crippen LogP contribution in [0.3, 0.4) is 0 Å². The lowest BCUT2D eigenvalue weighted by atomic mass is 9.99. The van der Waals surface area contributed by atoms with Crippen molar-refractivity contribution in [2.24, 2.45) is 0 Å². The monoisotopic (exact) mass is 518 g/mol. The van der Waals surface area contributed by atoms with Crippen LogP contribution in [0.1, 0.15) is 51.8 Å². The lowest BCUT2D eigenvalue weighted by molar-refractivity contribution is 0.0224. The summed E-state index contributed by atoms with van der Waals surface area (Å²) in [4.78, 5) is 36.4. The van der Waals surface area contributed by atoms with Crippen molar-refractivity contribution in [3.63, 3.8) is 0 Å². The maximum Gasteiger partial charge on any atom is 0.410 e. The molecule has 0 unspecified atom stereocenters. The minimum absolute atomic E-state index is 0.154. The summed E-state index contributed by atoms with van der Waals surface area (Å²) in [6.07, 6.45) is 1.90. The molecule has 1 aliphatic heterocycles. The van der Waals surface area contributed by atoms with Crippen molar-refractivity contribution in [3.05, 3.63) is 76.0 Å². The first-order valence-corrected chi connectivity index (χ1v) is 12.6. The van der Waals surface area contributed by atoms with E-state index in [2.05, 4.69) is 15.3 Å². The molecule has 0 radical (unpaired) electrons. The number of hydrogen-bond donors (Lipinski definition) is 1. The molecule has 198 valence electrons. The van der Waals surface area contributed by atoms with E-state index in [0.717, 1.165) is 16.8 Å². The number of ether oxygens (including phenoxy) is 1. The lowest BCUT2D eigenvalue weighted by Crippen LogP contribution is -2.39. The highest BCUT2D eigenvalue weighted by Gasteiger charge is 2.26. The molecule has 9 nitrogen and oxygen atoms in total. The number of nitrogens with one attached hydrogen (secondary N) is 1. The van der Waals surface area contributed by atoms with Crippen LogP contribution in [0.25, 0.3) is 16.7 Å². The normalized spacial score (nSPS) is 13.6. The summed E-state index contributed by atoms with van der Waals surface area (Å²) in [6.45, 7) is 10.4. The third-order valence-electron chi connectivity index (χ3n) is 6.31. The standard InChI is InChI=1S/C28H31FN6O3/c1-17(2)34-25(36)23-15-30-26(32-24(23)35(34)22-10-7-20(29)8-11-22)31-21-9-6-19-16-33(13-12-18(19)14-21)27(37)38-28(3,4)5/h6-11,14-15,17H,12-13,16H2,1-5H3,(H,30,31,32). The first-order valence-electron chi connectivity index (χ1n) is 12.6. The number of halogens is 1. The van der Waals surface area contributed by atoms with Crippen molar-refractivity contribution in [2.45, 2.75) is 59.2 Å². The van der Waals surface area contributed by atoms with E-state index in [1.165, 1.54) is 18.3 Å². The average Bonchev–Trinajstić information content (AvgIpc) is 3.15. The van der Waals surface area contributed by atoms with Gasteiger partial charge in [-0.2, -0.15) is 4.98 Å². The van der Waals surface area contributed by atoms with Gasteiger partial charge in [-0.15, -0.1) is 0 Å². The van der Waals surface area contributed by atoms with Gasteiger partial charge in [0.15, 0.2) is 5.65 Å². The maximum absolute atomic E-state index is 13.6. The van der Waals surface area contributed by atoms with E-state index >= 15 is 0 Å². The summed E-state index contributed by atoms with van der Waals surface area (Å²) in [5.74, 6) is -0.0253. The number of carbonyl (C=O) groups is 1. The molecule has 2 aromatic carbocycles. The fourth-order valence-corrected chi connectivity index (χ4v) is 4.60. The summed E-state index contributed by atoms with van der Waals surface area (Å²) in [7, 11) is 0. The molecule has 4 aromatic rings. The molecular weight excluding hydrogens is 487 g/mol. The SMILES string of the molecule is CC(C)n1c(=O)c2cnc(Nc3ccc4c(c3)CCN(C(=O)OC(C)(C)C)C4)nc2n1-c1ccc(F)cc1. The van der Waals surface area contributed by atoms with Gasteiger partial charge in [-0.05, 0) is 88.6 Å². The number of aromatic nitrogens is 4. The van der Waals surface area contributed by atoms with Crippen molar-refractivity contribution < 1.29 is 13.9 Å². The molecule has 0 atom stereocenters. The smallest absolute Gasteiger partial charge is 0.410 e. The van der Waals surface area contributed by atoms with Crippen LogP contribution < -0.4 is 10.9 Å². The first-order chi connectivity index (χ1) is 18.0. The number of benzene rings is 2. The van der Waals surface area contributed by atoms with E-state index in [9.17, 15) is 14.0 Å². The number of amides is 1. The predicted octanol–water partition coefficient (Wildman–Crippen LogP) is 5.34. The highest BCUT2D eigenvalue weighted by atomic mass is 19.1. The molecule has 0 spiro atoms. The Morgan fingerprint density at radius 3 is 2.53 bits per heavy atom. The Hall–Kier alpha value is -4.21. The molecule has 3 heterocycles.